The van der Waals surface area contributed by atoms with E-state index >= 15 is 0 Å². The first-order valence-electron chi connectivity index (χ1n) is 9.07. The number of carbonyl (C=O) groups excluding carboxylic acids is 1. The maximum Gasteiger partial charge on any atom is 0.323 e. The second-order valence-corrected chi connectivity index (χ2v) is 6.66. The van der Waals surface area contributed by atoms with Gasteiger partial charge in [-0.25, -0.2) is 18.6 Å². The van der Waals surface area contributed by atoms with Crippen LogP contribution >= 0.6 is 0 Å². The fourth-order valence-corrected chi connectivity index (χ4v) is 3.34. The van der Waals surface area contributed by atoms with E-state index in [2.05, 4.69) is 15.4 Å². The lowest BCUT2D eigenvalue weighted by atomic mass is 10.1. The van der Waals surface area contributed by atoms with E-state index in [1.165, 1.54) is 17.0 Å². The van der Waals surface area contributed by atoms with Crippen LogP contribution in [0.1, 0.15) is 18.2 Å². The van der Waals surface area contributed by atoms with E-state index in [0.717, 1.165) is 23.4 Å². The van der Waals surface area contributed by atoms with Crippen molar-refractivity contribution in [3.63, 3.8) is 0 Å². The van der Waals surface area contributed by atoms with Crippen LogP contribution in [0.25, 0.3) is 11.3 Å². The number of rotatable bonds is 4. The van der Waals surface area contributed by atoms with Gasteiger partial charge in [0.25, 0.3) is 0 Å². The third kappa shape index (κ3) is 3.45. The van der Waals surface area contributed by atoms with Crippen molar-refractivity contribution in [3.05, 3.63) is 69.5 Å². The number of amides is 2. The number of nitrogens with one attached hydrogen (secondary N) is 1. The Kier molecular flexibility index (Phi) is 4.86. The van der Waals surface area contributed by atoms with Gasteiger partial charge in [-0.05, 0) is 25.1 Å². The van der Waals surface area contributed by atoms with E-state index in [1.807, 2.05) is 6.92 Å². The van der Waals surface area contributed by atoms with Crippen LogP contribution in [-0.4, -0.2) is 30.6 Å². The molecule has 0 saturated carbocycles. The summed E-state index contributed by atoms with van der Waals surface area (Å²) in [5.74, 6) is -1.95. The molecule has 11 heteroatoms. The van der Waals surface area contributed by atoms with Gasteiger partial charge in [-0.1, -0.05) is 0 Å². The predicted octanol–water partition coefficient (Wildman–Crippen LogP) is 3.70. The summed E-state index contributed by atoms with van der Waals surface area (Å²) < 4.78 is 29.1. The van der Waals surface area contributed by atoms with Crippen molar-refractivity contribution < 1.29 is 18.5 Å². The van der Waals surface area contributed by atoms with Gasteiger partial charge in [0.05, 0.1) is 35.6 Å². The summed E-state index contributed by atoms with van der Waals surface area (Å²) in [4.78, 5) is 28.9. The summed E-state index contributed by atoms with van der Waals surface area (Å²) in [6.45, 7) is 3.20. The van der Waals surface area contributed by atoms with Crippen LogP contribution in [0.2, 0.25) is 0 Å². The highest BCUT2D eigenvalue weighted by Gasteiger charge is 2.29. The van der Waals surface area contributed by atoms with Gasteiger partial charge in [0.1, 0.15) is 11.6 Å². The zero-order valence-corrected chi connectivity index (χ0v) is 15.8. The number of carbonyl (C=O) groups is 1. The summed E-state index contributed by atoms with van der Waals surface area (Å²) in [5, 5.41) is 18.0. The minimum Gasteiger partial charge on any atom is -0.314 e. The molecule has 0 spiro atoms. The molecule has 0 atom stereocenters. The molecule has 3 aromatic rings. The summed E-state index contributed by atoms with van der Waals surface area (Å²) in [6.07, 6.45) is 1.69. The SMILES string of the molecule is CCn1ncc2c1CN(C(=O)Nc1nc(-c3ccc(F)cc3F)ccc1[N+](=O)[O-])C2. The van der Waals surface area contributed by atoms with E-state index in [1.54, 1.807) is 10.9 Å². The molecule has 4 rings (SSSR count). The van der Waals surface area contributed by atoms with E-state index < -0.39 is 28.3 Å². The quantitative estimate of drug-likeness (QED) is 0.518. The predicted molar refractivity (Wildman–Crippen MR) is 102 cm³/mol. The van der Waals surface area contributed by atoms with Crippen LogP contribution in [0.4, 0.5) is 25.1 Å². The first-order chi connectivity index (χ1) is 14.4. The maximum absolute atomic E-state index is 14.1. The minimum atomic E-state index is -0.868. The largest absolute Gasteiger partial charge is 0.323 e. The lowest BCUT2D eigenvalue weighted by Crippen LogP contribution is -2.31. The van der Waals surface area contributed by atoms with Crippen molar-refractivity contribution in [2.45, 2.75) is 26.6 Å². The Bertz CT molecular complexity index is 1160. The van der Waals surface area contributed by atoms with Crippen molar-refractivity contribution >= 4 is 17.5 Å². The van der Waals surface area contributed by atoms with Gasteiger partial charge in [-0.15, -0.1) is 0 Å². The van der Waals surface area contributed by atoms with Crippen LogP contribution in [-0.2, 0) is 19.6 Å². The Morgan fingerprint density at radius 2 is 2.07 bits per heavy atom. The van der Waals surface area contributed by atoms with Crippen molar-refractivity contribution in [2.24, 2.45) is 0 Å². The molecule has 1 aromatic carbocycles. The average Bonchev–Trinajstić information content (AvgIpc) is 3.28. The number of aryl methyl sites for hydroxylation is 1. The summed E-state index contributed by atoms with van der Waals surface area (Å²) >= 11 is 0. The standard InChI is InChI=1S/C19H16F2N6O3/c1-2-26-17-10-25(9-11(17)8-22-26)19(28)24-18-16(27(29)30)6-5-15(23-18)13-4-3-12(20)7-14(13)21/h3-8H,2,9-10H2,1H3,(H,23,24,28). The summed E-state index contributed by atoms with van der Waals surface area (Å²) in [7, 11) is 0. The van der Waals surface area contributed by atoms with Crippen LogP contribution < -0.4 is 5.32 Å². The molecule has 0 saturated heterocycles. The average molecular weight is 414 g/mol. The molecule has 3 heterocycles. The van der Waals surface area contributed by atoms with Crippen LogP contribution in [0.3, 0.4) is 0 Å². The van der Waals surface area contributed by atoms with Gasteiger partial charge in [-0.3, -0.25) is 20.1 Å². The fourth-order valence-electron chi connectivity index (χ4n) is 3.34. The highest BCUT2D eigenvalue weighted by Crippen LogP contribution is 2.30. The molecule has 0 radical (unpaired) electrons. The first kappa shape index (κ1) is 19.4. The number of urea groups is 1. The molecule has 0 aliphatic carbocycles. The fraction of sp³-hybridized carbons (Fsp3) is 0.211. The Morgan fingerprint density at radius 1 is 1.27 bits per heavy atom. The number of nitrogens with zero attached hydrogens (tertiary/aromatic N) is 5. The summed E-state index contributed by atoms with van der Waals surface area (Å²) in [6, 6.07) is 4.70. The second kappa shape index (κ2) is 7.50. The highest BCUT2D eigenvalue weighted by atomic mass is 19.1. The van der Waals surface area contributed by atoms with Crippen molar-refractivity contribution in [1.82, 2.24) is 19.7 Å². The minimum absolute atomic E-state index is 0.0275. The van der Waals surface area contributed by atoms with Gasteiger partial charge in [-0.2, -0.15) is 5.10 Å². The number of pyridine rings is 1. The Balaban J connectivity index is 1.62. The van der Waals surface area contributed by atoms with Crippen LogP contribution in [0.15, 0.2) is 36.5 Å². The molecule has 0 bridgehead atoms. The molecule has 30 heavy (non-hydrogen) atoms. The molecule has 0 fully saturated rings. The Morgan fingerprint density at radius 3 is 2.77 bits per heavy atom. The normalized spacial score (nSPS) is 12.7. The molecular weight excluding hydrogens is 398 g/mol. The monoisotopic (exact) mass is 414 g/mol. The lowest BCUT2D eigenvalue weighted by molar-refractivity contribution is -0.384. The smallest absolute Gasteiger partial charge is 0.314 e. The van der Waals surface area contributed by atoms with E-state index in [4.69, 9.17) is 0 Å². The third-order valence-corrected chi connectivity index (χ3v) is 4.83. The Labute approximate surface area is 169 Å². The lowest BCUT2D eigenvalue weighted by Gasteiger charge is -2.17. The number of anilines is 1. The highest BCUT2D eigenvalue weighted by molar-refractivity contribution is 5.91. The molecule has 1 aliphatic heterocycles. The zero-order chi connectivity index (χ0) is 21.4. The van der Waals surface area contributed by atoms with Gasteiger partial charge in [0.2, 0.25) is 5.82 Å². The molecule has 0 unspecified atom stereocenters. The van der Waals surface area contributed by atoms with Crippen LogP contribution in [0, 0.1) is 21.7 Å². The maximum atomic E-state index is 14.1. The van der Waals surface area contributed by atoms with E-state index in [9.17, 15) is 23.7 Å². The van der Waals surface area contributed by atoms with Crippen molar-refractivity contribution in [1.29, 1.82) is 0 Å². The van der Waals surface area contributed by atoms with E-state index in [-0.39, 0.29) is 17.1 Å². The zero-order valence-electron chi connectivity index (χ0n) is 15.8. The number of fused-ring (bicyclic) bond motifs is 1. The summed E-state index contributed by atoms with van der Waals surface area (Å²) in [5.41, 5.74) is 1.35. The van der Waals surface area contributed by atoms with Crippen LogP contribution in [0.5, 0.6) is 0 Å². The molecule has 154 valence electrons. The molecule has 9 nitrogen and oxygen atoms in total. The molecule has 1 aliphatic rings. The first-order valence-corrected chi connectivity index (χ1v) is 9.07. The third-order valence-electron chi connectivity index (χ3n) is 4.83. The van der Waals surface area contributed by atoms with Gasteiger partial charge < -0.3 is 4.90 Å². The number of halogens is 2. The number of benzene rings is 1. The topological polar surface area (TPSA) is 106 Å². The molecule has 2 amide bonds. The number of hydrogen-bond acceptors (Lipinski definition) is 5. The molecular formula is C19H16F2N6O3. The van der Waals surface area contributed by atoms with E-state index in [0.29, 0.717) is 25.7 Å². The number of aromatic nitrogens is 3. The molecule has 1 N–H and O–H groups in total. The van der Waals surface area contributed by atoms with Gasteiger partial charge >= 0.3 is 11.7 Å². The van der Waals surface area contributed by atoms with Gasteiger partial charge in [0.15, 0.2) is 0 Å². The second-order valence-electron chi connectivity index (χ2n) is 6.66. The number of nitro groups is 1. The van der Waals surface area contributed by atoms with Crippen molar-refractivity contribution in [2.75, 3.05) is 5.32 Å². The Hall–Kier alpha value is -3.89. The van der Waals surface area contributed by atoms with Crippen molar-refractivity contribution in [3.8, 4) is 11.3 Å². The van der Waals surface area contributed by atoms with Gasteiger partial charge in [0, 0.05) is 29.8 Å². The molecule has 2 aromatic heterocycles. The number of hydrogen-bond donors (Lipinski definition) is 1.